The van der Waals surface area contributed by atoms with Gasteiger partial charge in [-0.3, -0.25) is 4.79 Å². The summed E-state index contributed by atoms with van der Waals surface area (Å²) in [5.41, 5.74) is 0. The maximum absolute atomic E-state index is 12.1. The molecule has 254 valence electrons. The highest BCUT2D eigenvalue weighted by atomic mass is 16.6. The van der Waals surface area contributed by atoms with E-state index in [0.29, 0.717) is 13.0 Å². The van der Waals surface area contributed by atoms with Crippen LogP contribution in [0.2, 0.25) is 0 Å². The van der Waals surface area contributed by atoms with E-state index in [1.54, 1.807) is 0 Å². The first-order chi connectivity index (χ1) is 21.7. The Hall–Kier alpha value is -1.91. The highest BCUT2D eigenvalue weighted by Gasteiger charge is 2.13. The standard InChI is InChI=1S/C40H70O4/c1-3-5-7-9-11-13-15-17-19-20-22-24-26-28-30-32-34-36-43-38-39(37-41)44-40(42)35-33-31-29-27-25-23-21-18-16-14-12-10-8-6-4-2/h6,8,12-15,18-21,39,41H,3-5,7,9-11,16-17,22-38H2,1-2H3/b8-6-,14-12-,15-13-,20-19-,21-18-. The van der Waals surface area contributed by atoms with Crippen LogP contribution in [0, 0.1) is 0 Å². The molecule has 44 heavy (non-hydrogen) atoms. The van der Waals surface area contributed by atoms with Gasteiger partial charge in [-0.05, 0) is 77.0 Å². The third-order valence-electron chi connectivity index (χ3n) is 7.58. The van der Waals surface area contributed by atoms with E-state index >= 15 is 0 Å². The van der Waals surface area contributed by atoms with Crippen molar-refractivity contribution in [1.82, 2.24) is 0 Å². The van der Waals surface area contributed by atoms with Crippen LogP contribution in [0.5, 0.6) is 0 Å². The van der Waals surface area contributed by atoms with Gasteiger partial charge in [0.25, 0.3) is 0 Å². The van der Waals surface area contributed by atoms with Crippen molar-refractivity contribution in [2.75, 3.05) is 19.8 Å². The lowest BCUT2D eigenvalue weighted by Gasteiger charge is -2.15. The van der Waals surface area contributed by atoms with E-state index in [1.807, 2.05) is 0 Å². The van der Waals surface area contributed by atoms with Crippen LogP contribution in [0.25, 0.3) is 0 Å². The van der Waals surface area contributed by atoms with E-state index in [2.05, 4.69) is 74.6 Å². The van der Waals surface area contributed by atoms with Crippen LogP contribution in [0.15, 0.2) is 60.8 Å². The molecule has 0 heterocycles. The fourth-order valence-electron chi connectivity index (χ4n) is 4.84. The zero-order valence-electron chi connectivity index (χ0n) is 28.9. The fourth-order valence-corrected chi connectivity index (χ4v) is 4.84. The fraction of sp³-hybridized carbons (Fsp3) is 0.725. The van der Waals surface area contributed by atoms with Crippen LogP contribution in [0.3, 0.4) is 0 Å². The minimum absolute atomic E-state index is 0.186. The first-order valence-electron chi connectivity index (χ1n) is 18.4. The highest BCUT2D eigenvalue weighted by Crippen LogP contribution is 2.11. The average molecular weight is 615 g/mol. The summed E-state index contributed by atoms with van der Waals surface area (Å²) in [6, 6.07) is 0. The smallest absolute Gasteiger partial charge is 0.306 e. The molecule has 0 aromatic rings. The van der Waals surface area contributed by atoms with Gasteiger partial charge in [0.05, 0.1) is 13.2 Å². The number of aliphatic hydroxyl groups is 1. The lowest BCUT2D eigenvalue weighted by atomic mass is 10.1. The van der Waals surface area contributed by atoms with Crippen molar-refractivity contribution < 1.29 is 19.4 Å². The summed E-state index contributed by atoms with van der Waals surface area (Å²) in [6.45, 7) is 5.17. The molecule has 0 aliphatic heterocycles. The Balaban J connectivity index is 3.52. The molecule has 0 amide bonds. The van der Waals surface area contributed by atoms with Gasteiger partial charge in [0.1, 0.15) is 6.10 Å². The Morgan fingerprint density at radius 2 is 1.02 bits per heavy atom. The number of rotatable bonds is 33. The van der Waals surface area contributed by atoms with Crippen LogP contribution in [0.4, 0.5) is 0 Å². The summed E-state index contributed by atoms with van der Waals surface area (Å²) in [4.78, 5) is 12.1. The van der Waals surface area contributed by atoms with Crippen LogP contribution < -0.4 is 0 Å². The maximum atomic E-state index is 12.1. The van der Waals surface area contributed by atoms with Gasteiger partial charge < -0.3 is 14.6 Å². The van der Waals surface area contributed by atoms with Crippen molar-refractivity contribution in [1.29, 1.82) is 0 Å². The third-order valence-corrected chi connectivity index (χ3v) is 7.58. The molecule has 1 atom stereocenters. The number of unbranched alkanes of at least 4 members (excludes halogenated alkanes) is 15. The molecule has 4 nitrogen and oxygen atoms in total. The lowest BCUT2D eigenvalue weighted by molar-refractivity contribution is -0.154. The quantitative estimate of drug-likeness (QED) is 0.0454. The number of hydrogen-bond acceptors (Lipinski definition) is 4. The number of aliphatic hydroxyl groups excluding tert-OH is 1. The number of hydrogen-bond donors (Lipinski definition) is 1. The summed E-state index contributed by atoms with van der Waals surface area (Å²) >= 11 is 0. The Labute approximate surface area is 273 Å². The van der Waals surface area contributed by atoms with Crippen LogP contribution in [0.1, 0.15) is 162 Å². The van der Waals surface area contributed by atoms with Crippen molar-refractivity contribution in [3.8, 4) is 0 Å². The number of esters is 1. The number of carbonyl (C=O) groups excluding carboxylic acids is 1. The molecule has 4 heteroatoms. The van der Waals surface area contributed by atoms with Crippen molar-refractivity contribution in [3.63, 3.8) is 0 Å². The third kappa shape index (κ3) is 34.6. The SMILES string of the molecule is CC/C=C\C/C=C\C/C=C\CCCCCCCC(=O)OC(CO)COCCCCCCCC/C=C\C/C=C\CCCCCC. The summed E-state index contributed by atoms with van der Waals surface area (Å²) in [5, 5.41) is 9.55. The van der Waals surface area contributed by atoms with Crippen LogP contribution >= 0.6 is 0 Å². The molecule has 0 aromatic heterocycles. The van der Waals surface area contributed by atoms with E-state index in [1.165, 1.54) is 77.0 Å². The summed E-state index contributed by atoms with van der Waals surface area (Å²) in [5.74, 6) is -0.224. The molecule has 0 rings (SSSR count). The van der Waals surface area contributed by atoms with Gasteiger partial charge in [-0.2, -0.15) is 0 Å². The van der Waals surface area contributed by atoms with E-state index in [4.69, 9.17) is 9.47 Å². The molecule has 0 aromatic carbocycles. The molecule has 1 unspecified atom stereocenters. The minimum Gasteiger partial charge on any atom is -0.457 e. The summed E-state index contributed by atoms with van der Waals surface area (Å²) in [6.07, 6.45) is 48.3. The van der Waals surface area contributed by atoms with Gasteiger partial charge in [0.2, 0.25) is 0 Å². The van der Waals surface area contributed by atoms with Gasteiger partial charge in [-0.15, -0.1) is 0 Å². The predicted molar refractivity (Wildman–Crippen MR) is 191 cm³/mol. The van der Waals surface area contributed by atoms with Gasteiger partial charge in [0, 0.05) is 13.0 Å². The zero-order valence-corrected chi connectivity index (χ0v) is 28.9. The summed E-state index contributed by atoms with van der Waals surface area (Å²) < 4.78 is 11.1. The molecule has 0 bridgehead atoms. The number of ether oxygens (including phenoxy) is 2. The van der Waals surface area contributed by atoms with Gasteiger partial charge in [-0.1, -0.05) is 139 Å². The van der Waals surface area contributed by atoms with Gasteiger partial charge >= 0.3 is 5.97 Å². The normalized spacial score (nSPS) is 13.1. The molecule has 1 N–H and O–H groups in total. The molecule has 0 aliphatic rings. The number of allylic oxidation sites excluding steroid dienone is 10. The average Bonchev–Trinajstić information content (AvgIpc) is 3.03. The molecular formula is C40H70O4. The molecule has 0 saturated carbocycles. The van der Waals surface area contributed by atoms with E-state index in [0.717, 1.165) is 64.2 Å². The second kappa shape index (κ2) is 37.3. The Morgan fingerprint density at radius 3 is 1.55 bits per heavy atom. The Morgan fingerprint density at radius 1 is 0.568 bits per heavy atom. The van der Waals surface area contributed by atoms with Crippen molar-refractivity contribution in [2.24, 2.45) is 0 Å². The maximum Gasteiger partial charge on any atom is 0.306 e. The second-order valence-corrected chi connectivity index (χ2v) is 11.9. The van der Waals surface area contributed by atoms with E-state index in [9.17, 15) is 9.90 Å². The first-order valence-corrected chi connectivity index (χ1v) is 18.4. The minimum atomic E-state index is -0.550. The topological polar surface area (TPSA) is 55.8 Å². The van der Waals surface area contributed by atoms with Crippen molar-refractivity contribution >= 4 is 5.97 Å². The van der Waals surface area contributed by atoms with Crippen molar-refractivity contribution in [2.45, 2.75) is 168 Å². The molecule has 0 spiro atoms. The number of carbonyl (C=O) groups is 1. The highest BCUT2D eigenvalue weighted by molar-refractivity contribution is 5.69. The molecule has 0 saturated heterocycles. The van der Waals surface area contributed by atoms with Crippen LogP contribution in [-0.2, 0) is 14.3 Å². The largest absolute Gasteiger partial charge is 0.457 e. The van der Waals surface area contributed by atoms with E-state index in [-0.39, 0.29) is 19.2 Å². The molecular weight excluding hydrogens is 544 g/mol. The van der Waals surface area contributed by atoms with Crippen LogP contribution in [-0.4, -0.2) is 37.0 Å². The molecule has 0 radical (unpaired) electrons. The Kier molecular flexibility index (Phi) is 35.7. The molecule has 0 aliphatic carbocycles. The monoisotopic (exact) mass is 615 g/mol. The first kappa shape index (κ1) is 42.1. The van der Waals surface area contributed by atoms with Gasteiger partial charge in [-0.25, -0.2) is 0 Å². The lowest BCUT2D eigenvalue weighted by Crippen LogP contribution is -2.27. The second-order valence-electron chi connectivity index (χ2n) is 11.9. The zero-order chi connectivity index (χ0) is 32.0. The van der Waals surface area contributed by atoms with Crippen molar-refractivity contribution in [3.05, 3.63) is 60.8 Å². The Bertz CT molecular complexity index is 734. The molecule has 0 fully saturated rings. The predicted octanol–water partition coefficient (Wildman–Crippen LogP) is 11.7. The van der Waals surface area contributed by atoms with Gasteiger partial charge in [0.15, 0.2) is 0 Å². The van der Waals surface area contributed by atoms with E-state index < -0.39 is 6.10 Å². The summed E-state index contributed by atoms with van der Waals surface area (Å²) in [7, 11) is 0.